The van der Waals surface area contributed by atoms with Gasteiger partial charge in [0.2, 0.25) is 0 Å². The first-order chi connectivity index (χ1) is 7.63. The number of hydrogen-bond acceptors (Lipinski definition) is 5. The predicted octanol–water partition coefficient (Wildman–Crippen LogP) is -1.05. The van der Waals surface area contributed by atoms with Crippen molar-refractivity contribution < 1.29 is 24.5 Å². The molecule has 0 saturated carbocycles. The molecular formula is C10H19NO5. The predicted molar refractivity (Wildman–Crippen MR) is 55.6 cm³/mol. The molecule has 1 rings (SSSR count). The van der Waals surface area contributed by atoms with Crippen LogP contribution in [0.1, 0.15) is 13.3 Å². The second-order valence-corrected chi connectivity index (χ2v) is 3.81. The third kappa shape index (κ3) is 2.70. The highest BCUT2D eigenvalue weighted by molar-refractivity contribution is 5.84. The van der Waals surface area contributed by atoms with Crippen LogP contribution in [0.2, 0.25) is 0 Å². The fourth-order valence-corrected chi connectivity index (χ4v) is 1.83. The number of aliphatic hydroxyl groups excluding tert-OH is 2. The molecule has 16 heavy (non-hydrogen) atoms. The lowest BCUT2D eigenvalue weighted by Crippen LogP contribution is -2.41. The minimum atomic E-state index is -1.33. The zero-order chi connectivity index (χ0) is 12.1. The van der Waals surface area contributed by atoms with E-state index in [0.717, 1.165) is 6.42 Å². The Kier molecular flexibility index (Phi) is 5.14. The maximum atomic E-state index is 11.6. The van der Waals surface area contributed by atoms with Crippen molar-refractivity contribution in [3.05, 3.63) is 0 Å². The molecule has 3 atom stereocenters. The second-order valence-electron chi connectivity index (χ2n) is 3.81. The van der Waals surface area contributed by atoms with E-state index in [4.69, 9.17) is 9.47 Å². The van der Waals surface area contributed by atoms with Crippen LogP contribution in [0.4, 0.5) is 0 Å². The Morgan fingerprint density at radius 2 is 2.12 bits per heavy atom. The number of hydrogen-bond donors (Lipinski definition) is 2. The number of aliphatic hydroxyl groups is 2. The Balaban J connectivity index is 2.59. The molecular weight excluding hydrogens is 214 g/mol. The molecule has 0 unspecified atom stereocenters. The summed E-state index contributed by atoms with van der Waals surface area (Å²) in [5, 5.41) is 19.2. The summed E-state index contributed by atoms with van der Waals surface area (Å²) in [6, 6.07) is -0.488. The van der Waals surface area contributed by atoms with Crippen molar-refractivity contribution >= 4 is 5.91 Å². The van der Waals surface area contributed by atoms with Crippen LogP contribution in [0.5, 0.6) is 0 Å². The van der Waals surface area contributed by atoms with E-state index in [2.05, 4.69) is 0 Å². The normalized spacial score (nSPS) is 30.1. The van der Waals surface area contributed by atoms with E-state index in [-0.39, 0.29) is 13.4 Å². The fourth-order valence-electron chi connectivity index (χ4n) is 1.83. The number of ether oxygens (including phenoxy) is 2. The van der Waals surface area contributed by atoms with E-state index >= 15 is 0 Å². The van der Waals surface area contributed by atoms with Crippen molar-refractivity contribution in [2.45, 2.75) is 31.6 Å². The van der Waals surface area contributed by atoms with Crippen molar-refractivity contribution in [1.29, 1.82) is 0 Å². The fraction of sp³-hybridized carbons (Fsp3) is 0.900. The van der Waals surface area contributed by atoms with E-state index in [1.54, 1.807) is 0 Å². The molecule has 0 spiro atoms. The largest absolute Gasteiger partial charge is 0.388 e. The van der Waals surface area contributed by atoms with E-state index in [9.17, 15) is 15.0 Å². The standard InChI is InChI=1S/C10H19NO5/c1-3-4-11-7(5-16-6-15-2)8(12)9(13)10(11)14/h7-9,12-13H,3-6H2,1-2H3/t7-,8-,9-/m1/s1. The molecule has 0 aromatic rings. The van der Waals surface area contributed by atoms with Gasteiger partial charge in [-0.25, -0.2) is 0 Å². The van der Waals surface area contributed by atoms with Crippen molar-refractivity contribution in [3.63, 3.8) is 0 Å². The Morgan fingerprint density at radius 3 is 2.69 bits per heavy atom. The molecule has 6 nitrogen and oxygen atoms in total. The van der Waals surface area contributed by atoms with Crippen LogP contribution in [0.15, 0.2) is 0 Å². The third-order valence-electron chi connectivity index (χ3n) is 2.61. The van der Waals surface area contributed by atoms with E-state index in [0.29, 0.717) is 6.54 Å². The number of rotatable bonds is 6. The smallest absolute Gasteiger partial charge is 0.254 e. The lowest BCUT2D eigenvalue weighted by molar-refractivity contribution is -0.136. The number of carbonyl (C=O) groups is 1. The van der Waals surface area contributed by atoms with Gasteiger partial charge in [0.25, 0.3) is 5.91 Å². The second kappa shape index (κ2) is 6.15. The number of amides is 1. The Hall–Kier alpha value is -0.690. The summed E-state index contributed by atoms with van der Waals surface area (Å²) in [5.41, 5.74) is 0. The van der Waals surface area contributed by atoms with Crippen molar-refractivity contribution in [3.8, 4) is 0 Å². The first-order valence-corrected chi connectivity index (χ1v) is 5.36. The highest BCUT2D eigenvalue weighted by Crippen LogP contribution is 2.20. The lowest BCUT2D eigenvalue weighted by atomic mass is 10.1. The first kappa shape index (κ1) is 13.4. The third-order valence-corrected chi connectivity index (χ3v) is 2.61. The number of likely N-dealkylation sites (tertiary alicyclic amines) is 1. The van der Waals surface area contributed by atoms with Gasteiger partial charge in [0, 0.05) is 13.7 Å². The van der Waals surface area contributed by atoms with Gasteiger partial charge in [-0.05, 0) is 6.42 Å². The van der Waals surface area contributed by atoms with Crippen LogP contribution < -0.4 is 0 Å². The van der Waals surface area contributed by atoms with Gasteiger partial charge >= 0.3 is 0 Å². The maximum Gasteiger partial charge on any atom is 0.254 e. The quantitative estimate of drug-likeness (QED) is 0.452. The van der Waals surface area contributed by atoms with Gasteiger partial charge in [-0.2, -0.15) is 0 Å². The van der Waals surface area contributed by atoms with Crippen LogP contribution in [0.3, 0.4) is 0 Å². The Labute approximate surface area is 94.8 Å². The van der Waals surface area contributed by atoms with E-state index in [1.807, 2.05) is 6.92 Å². The first-order valence-electron chi connectivity index (χ1n) is 5.36. The molecule has 94 valence electrons. The molecule has 2 N–H and O–H groups in total. The van der Waals surface area contributed by atoms with E-state index < -0.39 is 24.2 Å². The zero-order valence-corrected chi connectivity index (χ0v) is 9.63. The summed E-state index contributed by atoms with van der Waals surface area (Å²) in [4.78, 5) is 13.0. The average Bonchev–Trinajstić information content (AvgIpc) is 2.47. The molecule has 1 aliphatic rings. The minimum Gasteiger partial charge on any atom is -0.388 e. The SMILES string of the molecule is CCCN1C(=O)[C@H](O)[C@H](O)[C@H]1COCOC. The topological polar surface area (TPSA) is 79.2 Å². The van der Waals surface area contributed by atoms with Gasteiger partial charge in [0.05, 0.1) is 12.6 Å². The van der Waals surface area contributed by atoms with Crippen molar-refractivity contribution in [2.75, 3.05) is 27.1 Å². The molecule has 1 amide bonds. The molecule has 1 heterocycles. The summed E-state index contributed by atoms with van der Waals surface area (Å²) in [5.74, 6) is -0.430. The highest BCUT2D eigenvalue weighted by atomic mass is 16.7. The average molecular weight is 233 g/mol. The molecule has 0 radical (unpaired) electrons. The lowest BCUT2D eigenvalue weighted by Gasteiger charge is -2.25. The summed E-state index contributed by atoms with van der Waals surface area (Å²) < 4.78 is 9.84. The van der Waals surface area contributed by atoms with Crippen LogP contribution in [0.25, 0.3) is 0 Å². The summed E-state index contributed by atoms with van der Waals surface area (Å²) >= 11 is 0. The van der Waals surface area contributed by atoms with Gasteiger partial charge in [-0.3, -0.25) is 4.79 Å². The number of methoxy groups -OCH3 is 1. The molecule has 0 aliphatic carbocycles. The van der Waals surface area contributed by atoms with Gasteiger partial charge < -0.3 is 24.6 Å². The molecule has 1 aliphatic heterocycles. The summed E-state index contributed by atoms with van der Waals surface area (Å²) in [6.45, 7) is 2.71. The van der Waals surface area contributed by atoms with Gasteiger partial charge in [0.1, 0.15) is 12.9 Å². The van der Waals surface area contributed by atoms with Crippen molar-refractivity contribution in [1.82, 2.24) is 4.90 Å². The van der Waals surface area contributed by atoms with Gasteiger partial charge in [0.15, 0.2) is 6.10 Å². The molecule has 0 aromatic carbocycles. The highest BCUT2D eigenvalue weighted by Gasteiger charge is 2.45. The number of nitrogens with zero attached hydrogens (tertiary/aromatic N) is 1. The summed E-state index contributed by atoms with van der Waals surface area (Å²) in [7, 11) is 1.49. The monoisotopic (exact) mass is 233 g/mol. The van der Waals surface area contributed by atoms with Crippen LogP contribution >= 0.6 is 0 Å². The Morgan fingerprint density at radius 1 is 1.44 bits per heavy atom. The zero-order valence-electron chi connectivity index (χ0n) is 9.63. The minimum absolute atomic E-state index is 0.105. The molecule has 1 saturated heterocycles. The van der Waals surface area contributed by atoms with Crippen molar-refractivity contribution in [2.24, 2.45) is 0 Å². The van der Waals surface area contributed by atoms with Crippen LogP contribution in [-0.4, -0.2) is 66.3 Å². The maximum absolute atomic E-state index is 11.6. The van der Waals surface area contributed by atoms with E-state index in [1.165, 1.54) is 12.0 Å². The molecule has 1 fully saturated rings. The Bertz CT molecular complexity index is 235. The van der Waals surface area contributed by atoms with Gasteiger partial charge in [-0.1, -0.05) is 6.92 Å². The van der Waals surface area contributed by atoms with Crippen LogP contribution in [-0.2, 0) is 14.3 Å². The molecule has 0 bridgehead atoms. The van der Waals surface area contributed by atoms with Crippen LogP contribution in [0, 0.1) is 0 Å². The molecule has 6 heteroatoms. The number of carbonyl (C=O) groups excluding carboxylic acids is 1. The summed E-state index contributed by atoms with van der Waals surface area (Å²) in [6.07, 6.45) is -1.65. The molecule has 0 aromatic heterocycles. The van der Waals surface area contributed by atoms with Gasteiger partial charge in [-0.15, -0.1) is 0 Å².